The molecule has 0 radical (unpaired) electrons. The van der Waals surface area contributed by atoms with E-state index in [0.717, 1.165) is 18.8 Å². The van der Waals surface area contributed by atoms with Crippen molar-refractivity contribution in [3.63, 3.8) is 0 Å². The van der Waals surface area contributed by atoms with Crippen molar-refractivity contribution < 1.29 is 0 Å². The highest BCUT2D eigenvalue weighted by molar-refractivity contribution is 4.77. The van der Waals surface area contributed by atoms with Crippen molar-refractivity contribution in [3.8, 4) is 0 Å². The maximum Gasteiger partial charge on any atom is 0.149 e. The van der Waals surface area contributed by atoms with Crippen LogP contribution in [0.2, 0.25) is 0 Å². The van der Waals surface area contributed by atoms with Crippen molar-refractivity contribution in [3.05, 3.63) is 5.82 Å². The topological polar surface area (TPSA) is 78.5 Å². The van der Waals surface area contributed by atoms with Gasteiger partial charge < -0.3 is 10.6 Å². The second-order valence-electron chi connectivity index (χ2n) is 2.56. The van der Waals surface area contributed by atoms with Crippen molar-refractivity contribution in [2.24, 2.45) is 0 Å². The molecule has 1 aromatic rings. The van der Waals surface area contributed by atoms with Gasteiger partial charge in [0.1, 0.15) is 5.82 Å². The Bertz CT molecular complexity index is 196. The molecule has 0 fully saturated rings. The Labute approximate surface area is 71.1 Å². The van der Waals surface area contributed by atoms with E-state index >= 15 is 0 Å². The Balaban J connectivity index is 2.11. The van der Waals surface area contributed by atoms with E-state index in [-0.39, 0.29) is 0 Å². The van der Waals surface area contributed by atoms with Crippen molar-refractivity contribution in [1.29, 1.82) is 0 Å². The Kier molecular flexibility index (Phi) is 3.62. The number of H-pyrrole nitrogens is 1. The minimum absolute atomic E-state index is 0.320. The minimum Gasteiger partial charge on any atom is -0.305 e. The average Bonchev–Trinajstić information content (AvgIpc) is 2.57. The molecule has 3 N–H and O–H groups in total. The molecule has 1 atom stereocenters. The molecule has 0 aromatic carbocycles. The first-order valence-electron chi connectivity index (χ1n) is 3.96. The number of hydrogen-bond donors (Lipinski definition) is 3. The van der Waals surface area contributed by atoms with Crippen LogP contribution < -0.4 is 10.6 Å². The predicted molar refractivity (Wildman–Crippen MR) is 44.4 cm³/mol. The normalized spacial score (nSPS) is 13.2. The maximum atomic E-state index is 3.76. The van der Waals surface area contributed by atoms with Gasteiger partial charge in [-0.3, -0.25) is 0 Å². The van der Waals surface area contributed by atoms with E-state index in [4.69, 9.17) is 0 Å². The zero-order chi connectivity index (χ0) is 8.81. The SMILES string of the molecule is CNC(C)NCCc1nnn[nH]1. The summed E-state index contributed by atoms with van der Waals surface area (Å²) in [5.41, 5.74) is 0. The van der Waals surface area contributed by atoms with Gasteiger partial charge in [0.25, 0.3) is 0 Å². The van der Waals surface area contributed by atoms with Gasteiger partial charge in [-0.1, -0.05) is 0 Å². The van der Waals surface area contributed by atoms with Crippen LogP contribution in [0.25, 0.3) is 0 Å². The van der Waals surface area contributed by atoms with Crippen LogP contribution in [-0.2, 0) is 6.42 Å². The lowest BCUT2D eigenvalue weighted by atomic mass is 10.4. The van der Waals surface area contributed by atoms with Crippen LogP contribution in [0.15, 0.2) is 0 Å². The standard InChI is InChI=1S/C6H14N6/c1-5(7-2)8-4-3-6-9-11-12-10-6/h5,7-8H,3-4H2,1-2H3,(H,9,10,11,12). The Hall–Kier alpha value is -1.01. The van der Waals surface area contributed by atoms with Gasteiger partial charge in [0.15, 0.2) is 0 Å². The second kappa shape index (κ2) is 4.78. The van der Waals surface area contributed by atoms with Gasteiger partial charge in [-0.15, -0.1) is 5.10 Å². The van der Waals surface area contributed by atoms with Crippen LogP contribution in [0.4, 0.5) is 0 Å². The molecule has 0 bridgehead atoms. The summed E-state index contributed by atoms with van der Waals surface area (Å²) in [7, 11) is 1.91. The number of aromatic amines is 1. The molecule has 0 aliphatic carbocycles. The van der Waals surface area contributed by atoms with Gasteiger partial charge in [-0.05, 0) is 24.4 Å². The van der Waals surface area contributed by atoms with Crippen LogP contribution in [-0.4, -0.2) is 40.4 Å². The van der Waals surface area contributed by atoms with Crippen LogP contribution in [0, 0.1) is 0 Å². The molecule has 1 heterocycles. The van der Waals surface area contributed by atoms with Gasteiger partial charge >= 0.3 is 0 Å². The molecular formula is C6H14N6. The highest BCUT2D eigenvalue weighted by Crippen LogP contribution is 1.83. The van der Waals surface area contributed by atoms with E-state index in [9.17, 15) is 0 Å². The van der Waals surface area contributed by atoms with Crippen molar-refractivity contribution in [1.82, 2.24) is 31.3 Å². The van der Waals surface area contributed by atoms with E-state index in [1.54, 1.807) is 0 Å². The molecule has 6 heteroatoms. The third-order valence-corrected chi connectivity index (χ3v) is 1.63. The van der Waals surface area contributed by atoms with Gasteiger partial charge in [-0.2, -0.15) is 0 Å². The minimum atomic E-state index is 0.320. The molecule has 1 rings (SSSR count). The summed E-state index contributed by atoms with van der Waals surface area (Å²) >= 11 is 0. The zero-order valence-corrected chi connectivity index (χ0v) is 7.33. The third-order valence-electron chi connectivity index (χ3n) is 1.63. The maximum absolute atomic E-state index is 3.76. The number of nitrogens with zero attached hydrogens (tertiary/aromatic N) is 3. The van der Waals surface area contributed by atoms with Gasteiger partial charge in [0.05, 0.1) is 6.17 Å². The van der Waals surface area contributed by atoms with Crippen LogP contribution in [0.5, 0.6) is 0 Å². The van der Waals surface area contributed by atoms with Crippen molar-refractivity contribution >= 4 is 0 Å². The fraction of sp³-hybridized carbons (Fsp3) is 0.833. The largest absolute Gasteiger partial charge is 0.305 e. The van der Waals surface area contributed by atoms with Gasteiger partial charge in [0, 0.05) is 13.0 Å². The fourth-order valence-electron chi connectivity index (χ4n) is 0.794. The van der Waals surface area contributed by atoms with E-state index in [2.05, 4.69) is 38.2 Å². The fourth-order valence-corrected chi connectivity index (χ4v) is 0.794. The Morgan fingerprint density at radius 2 is 2.42 bits per heavy atom. The van der Waals surface area contributed by atoms with Crippen molar-refractivity contribution in [2.45, 2.75) is 19.5 Å². The molecule has 68 valence electrons. The molecular weight excluding hydrogens is 156 g/mol. The number of hydrogen-bond acceptors (Lipinski definition) is 5. The first kappa shape index (κ1) is 9.08. The molecule has 0 amide bonds. The lowest BCUT2D eigenvalue weighted by Gasteiger charge is -2.10. The highest BCUT2D eigenvalue weighted by Gasteiger charge is 1.98. The van der Waals surface area contributed by atoms with Gasteiger partial charge in [0.2, 0.25) is 0 Å². The van der Waals surface area contributed by atoms with E-state index < -0.39 is 0 Å². The van der Waals surface area contributed by atoms with Crippen LogP contribution >= 0.6 is 0 Å². The first-order chi connectivity index (χ1) is 5.83. The number of aromatic nitrogens is 4. The summed E-state index contributed by atoms with van der Waals surface area (Å²) in [6.07, 6.45) is 1.14. The molecule has 0 saturated heterocycles. The average molecular weight is 170 g/mol. The molecule has 1 aromatic heterocycles. The Morgan fingerprint density at radius 3 is 3.00 bits per heavy atom. The summed E-state index contributed by atoms with van der Waals surface area (Å²) in [6.45, 7) is 2.91. The molecule has 0 spiro atoms. The third kappa shape index (κ3) is 2.93. The number of nitrogens with one attached hydrogen (secondary N) is 3. The molecule has 0 aliphatic heterocycles. The molecule has 12 heavy (non-hydrogen) atoms. The Morgan fingerprint density at radius 1 is 1.58 bits per heavy atom. The van der Waals surface area contributed by atoms with E-state index in [1.807, 2.05) is 7.05 Å². The number of tetrazole rings is 1. The summed E-state index contributed by atoms with van der Waals surface area (Å²) in [4.78, 5) is 0. The second-order valence-corrected chi connectivity index (χ2v) is 2.56. The summed E-state index contributed by atoms with van der Waals surface area (Å²) < 4.78 is 0. The molecule has 1 unspecified atom stereocenters. The summed E-state index contributed by atoms with van der Waals surface area (Å²) in [5, 5.41) is 19.7. The lowest BCUT2D eigenvalue weighted by Crippen LogP contribution is -2.38. The van der Waals surface area contributed by atoms with E-state index in [0.29, 0.717) is 6.17 Å². The molecule has 0 saturated carbocycles. The van der Waals surface area contributed by atoms with E-state index in [1.165, 1.54) is 0 Å². The predicted octanol–water partition coefficient (Wildman–Crippen LogP) is -1.10. The highest BCUT2D eigenvalue weighted by atomic mass is 15.5. The summed E-state index contributed by atoms with van der Waals surface area (Å²) in [5.74, 6) is 0.811. The zero-order valence-electron chi connectivity index (χ0n) is 7.33. The first-order valence-corrected chi connectivity index (χ1v) is 3.96. The number of rotatable bonds is 5. The smallest absolute Gasteiger partial charge is 0.149 e. The quantitative estimate of drug-likeness (QED) is 0.489. The monoisotopic (exact) mass is 170 g/mol. The summed E-state index contributed by atoms with van der Waals surface area (Å²) in [6, 6.07) is 0. The molecule has 6 nitrogen and oxygen atoms in total. The van der Waals surface area contributed by atoms with Crippen LogP contribution in [0.1, 0.15) is 12.7 Å². The lowest BCUT2D eigenvalue weighted by molar-refractivity contribution is 0.490. The van der Waals surface area contributed by atoms with Gasteiger partial charge in [-0.25, -0.2) is 5.10 Å². The molecule has 0 aliphatic rings. The van der Waals surface area contributed by atoms with Crippen LogP contribution in [0.3, 0.4) is 0 Å². The van der Waals surface area contributed by atoms with Crippen molar-refractivity contribution in [2.75, 3.05) is 13.6 Å².